The summed E-state index contributed by atoms with van der Waals surface area (Å²) in [5.41, 5.74) is 6.66. The van der Waals surface area contributed by atoms with E-state index in [-0.39, 0.29) is 18.9 Å². The molecule has 1 aliphatic rings. The molecule has 3 N–H and O–H groups in total. The van der Waals surface area contributed by atoms with Gasteiger partial charge in [0.2, 0.25) is 11.8 Å². The zero-order chi connectivity index (χ0) is 14.0. The standard InChI is InChI=1S/C12H14N4O3/c1-2-8-3-7(4-9(13)14-8)12(19)16-5-10(17)15-11(18)6-16/h3-4H,2,5-6H2,1H3,(H2,13,14)(H,15,17,18). The molecule has 2 heterocycles. The largest absolute Gasteiger partial charge is 0.384 e. The van der Waals surface area contributed by atoms with Crippen molar-refractivity contribution < 1.29 is 14.4 Å². The molecule has 1 fully saturated rings. The molecule has 7 heteroatoms. The topological polar surface area (TPSA) is 105 Å². The van der Waals surface area contributed by atoms with E-state index < -0.39 is 17.7 Å². The van der Waals surface area contributed by atoms with Crippen molar-refractivity contribution in [1.82, 2.24) is 15.2 Å². The Bertz CT molecular complexity index is 540. The van der Waals surface area contributed by atoms with Gasteiger partial charge in [0.15, 0.2) is 0 Å². The van der Waals surface area contributed by atoms with Gasteiger partial charge in [-0.15, -0.1) is 0 Å². The van der Waals surface area contributed by atoms with Crippen LogP contribution in [-0.4, -0.2) is 40.7 Å². The van der Waals surface area contributed by atoms with E-state index in [2.05, 4.69) is 10.3 Å². The lowest BCUT2D eigenvalue weighted by Gasteiger charge is -2.25. The molecule has 0 radical (unpaired) electrons. The predicted octanol–water partition coefficient (Wildman–Crippen LogP) is -0.675. The number of nitrogens with one attached hydrogen (secondary N) is 1. The molecular formula is C12H14N4O3. The summed E-state index contributed by atoms with van der Waals surface area (Å²) in [6.07, 6.45) is 0.644. The first kappa shape index (κ1) is 13.0. The molecule has 0 aliphatic carbocycles. The van der Waals surface area contributed by atoms with Crippen LogP contribution in [0.5, 0.6) is 0 Å². The maximum atomic E-state index is 12.2. The van der Waals surface area contributed by atoms with Gasteiger partial charge in [-0.05, 0) is 18.6 Å². The van der Waals surface area contributed by atoms with E-state index in [4.69, 9.17) is 5.73 Å². The van der Waals surface area contributed by atoms with Crippen LogP contribution in [0, 0.1) is 0 Å². The number of pyridine rings is 1. The van der Waals surface area contributed by atoms with Crippen LogP contribution in [0.4, 0.5) is 5.82 Å². The van der Waals surface area contributed by atoms with Crippen LogP contribution < -0.4 is 11.1 Å². The van der Waals surface area contributed by atoms with Gasteiger partial charge >= 0.3 is 0 Å². The molecule has 3 amide bonds. The zero-order valence-corrected chi connectivity index (χ0v) is 10.5. The normalized spacial score (nSPS) is 15.3. The number of amides is 3. The third-order valence-corrected chi connectivity index (χ3v) is 2.74. The van der Waals surface area contributed by atoms with Crippen molar-refractivity contribution in [3.8, 4) is 0 Å². The highest BCUT2D eigenvalue weighted by Gasteiger charge is 2.27. The maximum Gasteiger partial charge on any atom is 0.254 e. The fourth-order valence-electron chi connectivity index (χ4n) is 1.88. The van der Waals surface area contributed by atoms with Gasteiger partial charge < -0.3 is 10.6 Å². The van der Waals surface area contributed by atoms with E-state index in [1.54, 1.807) is 6.07 Å². The summed E-state index contributed by atoms with van der Waals surface area (Å²) in [6, 6.07) is 3.06. The van der Waals surface area contributed by atoms with Crippen molar-refractivity contribution in [3.05, 3.63) is 23.4 Å². The first-order valence-electron chi connectivity index (χ1n) is 5.88. The molecule has 100 valence electrons. The van der Waals surface area contributed by atoms with E-state index >= 15 is 0 Å². The third kappa shape index (κ3) is 2.87. The second-order valence-electron chi connectivity index (χ2n) is 4.26. The first-order chi connectivity index (χ1) is 8.99. The SMILES string of the molecule is CCc1cc(C(=O)N2CC(=O)NC(=O)C2)cc(N)n1. The summed E-state index contributed by atoms with van der Waals surface area (Å²) in [7, 11) is 0. The van der Waals surface area contributed by atoms with Crippen LogP contribution >= 0.6 is 0 Å². The lowest BCUT2D eigenvalue weighted by atomic mass is 10.1. The molecule has 1 aromatic rings. The molecule has 1 aromatic heterocycles. The van der Waals surface area contributed by atoms with Gasteiger partial charge in [0.25, 0.3) is 5.91 Å². The molecule has 1 saturated heterocycles. The molecule has 7 nitrogen and oxygen atoms in total. The van der Waals surface area contributed by atoms with Crippen molar-refractivity contribution in [1.29, 1.82) is 0 Å². The number of aromatic nitrogens is 1. The van der Waals surface area contributed by atoms with Crippen molar-refractivity contribution in [2.75, 3.05) is 18.8 Å². The van der Waals surface area contributed by atoms with Crippen LogP contribution in [0.25, 0.3) is 0 Å². The number of nitrogens with two attached hydrogens (primary N) is 1. The summed E-state index contributed by atoms with van der Waals surface area (Å²) in [4.78, 5) is 40.0. The van der Waals surface area contributed by atoms with E-state index in [0.29, 0.717) is 17.7 Å². The Hall–Kier alpha value is -2.44. The number of hydrogen-bond acceptors (Lipinski definition) is 5. The predicted molar refractivity (Wildman–Crippen MR) is 67.1 cm³/mol. The van der Waals surface area contributed by atoms with Crippen LogP contribution in [0.15, 0.2) is 12.1 Å². The number of nitrogen functional groups attached to an aromatic ring is 1. The number of rotatable bonds is 2. The fourth-order valence-corrected chi connectivity index (χ4v) is 1.88. The monoisotopic (exact) mass is 262 g/mol. The average molecular weight is 262 g/mol. The van der Waals surface area contributed by atoms with Gasteiger partial charge in [0.1, 0.15) is 18.9 Å². The van der Waals surface area contributed by atoms with Gasteiger partial charge in [0, 0.05) is 11.3 Å². The highest BCUT2D eigenvalue weighted by molar-refractivity contribution is 6.05. The quantitative estimate of drug-likeness (QED) is 0.687. The van der Waals surface area contributed by atoms with Crippen LogP contribution in [0.3, 0.4) is 0 Å². The van der Waals surface area contributed by atoms with Gasteiger partial charge in [0.05, 0.1) is 0 Å². The molecule has 2 rings (SSSR count). The molecule has 0 saturated carbocycles. The Kier molecular flexibility index (Phi) is 3.46. The molecule has 19 heavy (non-hydrogen) atoms. The Labute approximate surface area is 109 Å². The van der Waals surface area contributed by atoms with Gasteiger partial charge in [-0.25, -0.2) is 4.98 Å². The number of anilines is 1. The Morgan fingerprint density at radius 3 is 2.58 bits per heavy atom. The minimum atomic E-state index is -0.484. The number of imide groups is 1. The lowest BCUT2D eigenvalue weighted by molar-refractivity contribution is -0.135. The number of nitrogens with zero attached hydrogens (tertiary/aromatic N) is 2. The Balaban J connectivity index is 2.26. The van der Waals surface area contributed by atoms with Crippen molar-refractivity contribution >= 4 is 23.5 Å². The number of hydrogen-bond donors (Lipinski definition) is 2. The lowest BCUT2D eigenvalue weighted by Crippen LogP contribution is -2.53. The second-order valence-corrected chi connectivity index (χ2v) is 4.26. The smallest absolute Gasteiger partial charge is 0.254 e. The van der Waals surface area contributed by atoms with Crippen LogP contribution in [-0.2, 0) is 16.0 Å². The summed E-state index contributed by atoms with van der Waals surface area (Å²) < 4.78 is 0. The number of carbonyl (C=O) groups excluding carboxylic acids is 3. The van der Waals surface area contributed by atoms with Crippen molar-refractivity contribution in [2.45, 2.75) is 13.3 Å². The van der Waals surface area contributed by atoms with E-state index in [1.807, 2.05) is 6.92 Å². The summed E-state index contributed by atoms with van der Waals surface area (Å²) >= 11 is 0. The van der Waals surface area contributed by atoms with Crippen LogP contribution in [0.1, 0.15) is 23.0 Å². The molecule has 0 bridgehead atoms. The second kappa shape index (κ2) is 5.05. The molecule has 0 spiro atoms. The molecular weight excluding hydrogens is 248 g/mol. The Morgan fingerprint density at radius 2 is 2.00 bits per heavy atom. The van der Waals surface area contributed by atoms with E-state index in [1.165, 1.54) is 11.0 Å². The number of aryl methyl sites for hydroxylation is 1. The molecule has 1 aliphatic heterocycles. The Morgan fingerprint density at radius 1 is 1.37 bits per heavy atom. The minimum Gasteiger partial charge on any atom is -0.384 e. The zero-order valence-electron chi connectivity index (χ0n) is 10.5. The first-order valence-corrected chi connectivity index (χ1v) is 5.88. The van der Waals surface area contributed by atoms with Crippen LogP contribution in [0.2, 0.25) is 0 Å². The molecule has 0 aromatic carbocycles. The number of carbonyl (C=O) groups is 3. The van der Waals surface area contributed by atoms with Gasteiger partial charge in [-0.3, -0.25) is 19.7 Å². The third-order valence-electron chi connectivity index (χ3n) is 2.74. The van der Waals surface area contributed by atoms with E-state index in [0.717, 1.165) is 0 Å². The van der Waals surface area contributed by atoms with Gasteiger partial charge in [-0.1, -0.05) is 6.92 Å². The fraction of sp³-hybridized carbons (Fsp3) is 0.333. The highest BCUT2D eigenvalue weighted by Crippen LogP contribution is 2.12. The summed E-state index contributed by atoms with van der Waals surface area (Å²) in [5.74, 6) is -1.12. The summed E-state index contributed by atoms with van der Waals surface area (Å²) in [6.45, 7) is 1.64. The summed E-state index contributed by atoms with van der Waals surface area (Å²) in [5, 5.41) is 2.14. The van der Waals surface area contributed by atoms with Gasteiger partial charge in [-0.2, -0.15) is 0 Å². The maximum absolute atomic E-state index is 12.2. The molecule has 0 unspecified atom stereocenters. The molecule has 0 atom stereocenters. The average Bonchev–Trinajstić information content (AvgIpc) is 2.35. The highest BCUT2D eigenvalue weighted by atomic mass is 16.2. The van der Waals surface area contributed by atoms with Crippen molar-refractivity contribution in [2.24, 2.45) is 0 Å². The number of piperazine rings is 1. The minimum absolute atomic E-state index is 0.131. The van der Waals surface area contributed by atoms with Crippen molar-refractivity contribution in [3.63, 3.8) is 0 Å². The van der Waals surface area contributed by atoms with E-state index in [9.17, 15) is 14.4 Å².